The summed E-state index contributed by atoms with van der Waals surface area (Å²) in [5, 5.41) is 10.6. The molecule has 0 fully saturated rings. The number of hydrogen-bond acceptors (Lipinski definition) is 15. The van der Waals surface area contributed by atoms with Gasteiger partial charge in [0.1, 0.15) is 19.3 Å². The Balaban J connectivity index is 5.16. The first-order chi connectivity index (χ1) is 45.4. The van der Waals surface area contributed by atoms with Gasteiger partial charge in [0.15, 0.2) is 12.2 Å². The van der Waals surface area contributed by atoms with E-state index >= 15 is 0 Å². The van der Waals surface area contributed by atoms with Gasteiger partial charge >= 0.3 is 39.5 Å². The highest BCUT2D eigenvalue weighted by atomic mass is 31.2. The third kappa shape index (κ3) is 68.6. The highest BCUT2D eigenvalue weighted by Crippen LogP contribution is 2.45. The van der Waals surface area contributed by atoms with Crippen LogP contribution in [0.15, 0.2) is 0 Å². The van der Waals surface area contributed by atoms with E-state index in [9.17, 15) is 43.2 Å². The minimum Gasteiger partial charge on any atom is -0.462 e. The SMILES string of the molecule is CCCCCCCCCCCCCCCCC(=O)OC[C@H](COP(=O)(O)OC[C@@H](O)COP(=O)(O)OC[C@@H](COC(=O)CCCCCCCCC)OC(=O)CCCCCCCCCCCC(C)C)OC(=O)CCCCCCCCCCCCCCCCCCCCC(C)C. The number of ether oxygens (including phenoxy) is 4. The van der Waals surface area contributed by atoms with Crippen LogP contribution in [0.2, 0.25) is 0 Å². The first-order valence-corrected chi connectivity index (χ1v) is 42.0. The Morgan fingerprint density at radius 3 is 0.723 bits per heavy atom. The van der Waals surface area contributed by atoms with Crippen molar-refractivity contribution in [3.8, 4) is 0 Å². The molecule has 0 aliphatic rings. The van der Waals surface area contributed by atoms with Crippen molar-refractivity contribution >= 4 is 39.5 Å². The molecule has 0 spiro atoms. The van der Waals surface area contributed by atoms with Gasteiger partial charge in [0, 0.05) is 25.7 Å². The average molecular weight is 1380 g/mol. The van der Waals surface area contributed by atoms with Crippen molar-refractivity contribution in [3.63, 3.8) is 0 Å². The summed E-state index contributed by atoms with van der Waals surface area (Å²) >= 11 is 0. The van der Waals surface area contributed by atoms with E-state index in [0.29, 0.717) is 25.7 Å². The first-order valence-electron chi connectivity index (χ1n) is 39.0. The van der Waals surface area contributed by atoms with Crippen molar-refractivity contribution in [2.45, 2.75) is 407 Å². The minimum absolute atomic E-state index is 0.105. The standard InChI is InChI=1S/C75H146O17P2/c1-7-9-11-13-15-16-17-18-26-29-34-40-46-52-58-73(78)86-64-71(92-74(79)59-53-47-41-35-30-27-24-22-20-19-21-23-25-28-32-38-43-49-55-67(3)4)66-90-94(83,84)88-62-69(76)61-87-93(81,82)89-65-70(63-85-72(77)57-51-45-37-14-12-10-8-2)91-75(80)60-54-48-42-36-31-33-39-44-50-56-68(5)6/h67-71,76H,7-66H2,1-6H3,(H,81,82)(H,83,84)/t69-,70+,71+/m0/s1. The van der Waals surface area contributed by atoms with Crippen LogP contribution in [-0.2, 0) is 65.4 Å². The van der Waals surface area contributed by atoms with E-state index in [1.807, 2.05) is 0 Å². The van der Waals surface area contributed by atoms with Crippen molar-refractivity contribution in [2.24, 2.45) is 11.8 Å². The van der Waals surface area contributed by atoms with Crippen molar-refractivity contribution < 1.29 is 80.2 Å². The quantitative estimate of drug-likeness (QED) is 0.0222. The molecule has 94 heavy (non-hydrogen) atoms. The normalized spacial score (nSPS) is 14.0. The van der Waals surface area contributed by atoms with Gasteiger partial charge in [-0.15, -0.1) is 0 Å². The van der Waals surface area contributed by atoms with Crippen LogP contribution in [0, 0.1) is 11.8 Å². The van der Waals surface area contributed by atoms with E-state index in [1.54, 1.807) is 0 Å². The molecule has 0 heterocycles. The number of phosphoric ester groups is 2. The molecule has 0 saturated carbocycles. The maximum atomic E-state index is 13.1. The molecule has 0 bridgehead atoms. The fourth-order valence-corrected chi connectivity index (χ4v) is 13.1. The van der Waals surface area contributed by atoms with Crippen LogP contribution in [-0.4, -0.2) is 96.7 Å². The molecule has 0 aromatic heterocycles. The third-order valence-corrected chi connectivity index (χ3v) is 19.4. The number of unbranched alkanes of at least 4 members (excludes halogenated alkanes) is 44. The number of esters is 4. The van der Waals surface area contributed by atoms with Gasteiger partial charge in [0.25, 0.3) is 0 Å². The van der Waals surface area contributed by atoms with Crippen molar-refractivity contribution in [1.82, 2.24) is 0 Å². The van der Waals surface area contributed by atoms with Gasteiger partial charge < -0.3 is 33.8 Å². The maximum Gasteiger partial charge on any atom is 0.472 e. The zero-order valence-electron chi connectivity index (χ0n) is 61.3. The highest BCUT2D eigenvalue weighted by Gasteiger charge is 2.30. The van der Waals surface area contributed by atoms with E-state index in [2.05, 4.69) is 41.5 Å². The summed E-state index contributed by atoms with van der Waals surface area (Å²) in [5.41, 5.74) is 0. The van der Waals surface area contributed by atoms with Crippen LogP contribution >= 0.6 is 15.6 Å². The Bertz CT molecular complexity index is 1820. The van der Waals surface area contributed by atoms with E-state index in [0.717, 1.165) is 115 Å². The topological polar surface area (TPSA) is 237 Å². The second-order valence-corrected chi connectivity index (χ2v) is 30.9. The van der Waals surface area contributed by atoms with Gasteiger partial charge in [0.05, 0.1) is 26.4 Å². The summed E-state index contributed by atoms with van der Waals surface area (Å²) in [4.78, 5) is 72.6. The number of phosphoric acid groups is 2. The molecule has 0 aromatic carbocycles. The van der Waals surface area contributed by atoms with E-state index < -0.39 is 97.5 Å². The summed E-state index contributed by atoms with van der Waals surface area (Å²) in [7, 11) is -9.90. The molecule has 0 aromatic rings. The minimum atomic E-state index is -4.95. The van der Waals surface area contributed by atoms with E-state index in [1.165, 1.54) is 193 Å². The molecule has 0 saturated heterocycles. The van der Waals surface area contributed by atoms with Gasteiger partial charge in [0.2, 0.25) is 0 Å². The van der Waals surface area contributed by atoms with Gasteiger partial charge in [-0.25, -0.2) is 9.13 Å². The molecule has 2 unspecified atom stereocenters. The Hall–Kier alpha value is -1.94. The lowest BCUT2D eigenvalue weighted by Crippen LogP contribution is -2.30. The summed E-state index contributed by atoms with van der Waals surface area (Å²) in [6.45, 7) is 9.56. The Morgan fingerprint density at radius 1 is 0.287 bits per heavy atom. The molecule has 0 rings (SSSR count). The van der Waals surface area contributed by atoms with Crippen LogP contribution < -0.4 is 0 Å². The van der Waals surface area contributed by atoms with Crippen molar-refractivity contribution in [3.05, 3.63) is 0 Å². The maximum absolute atomic E-state index is 13.1. The number of hydrogen-bond donors (Lipinski definition) is 3. The average Bonchev–Trinajstić information content (AvgIpc) is 1.62. The Labute approximate surface area is 575 Å². The molecular weight excluding hydrogens is 1230 g/mol. The summed E-state index contributed by atoms with van der Waals surface area (Å²) in [6, 6.07) is 0. The number of carbonyl (C=O) groups is 4. The fourth-order valence-electron chi connectivity index (χ4n) is 11.5. The number of aliphatic hydroxyl groups is 1. The number of aliphatic hydroxyl groups excluding tert-OH is 1. The zero-order valence-corrected chi connectivity index (χ0v) is 63.1. The molecule has 17 nitrogen and oxygen atoms in total. The van der Waals surface area contributed by atoms with Gasteiger partial charge in [-0.1, -0.05) is 337 Å². The van der Waals surface area contributed by atoms with Gasteiger partial charge in [-0.05, 0) is 37.5 Å². The zero-order chi connectivity index (χ0) is 69.3. The lowest BCUT2D eigenvalue weighted by molar-refractivity contribution is -0.161. The number of carbonyl (C=O) groups excluding carboxylic acids is 4. The highest BCUT2D eigenvalue weighted by molar-refractivity contribution is 7.47. The Morgan fingerprint density at radius 2 is 0.489 bits per heavy atom. The van der Waals surface area contributed by atoms with Crippen LogP contribution in [0.1, 0.15) is 388 Å². The van der Waals surface area contributed by atoms with E-state index in [4.69, 9.17) is 37.0 Å². The smallest absolute Gasteiger partial charge is 0.462 e. The predicted octanol–water partition coefficient (Wildman–Crippen LogP) is 21.9. The monoisotopic (exact) mass is 1380 g/mol. The van der Waals surface area contributed by atoms with Crippen molar-refractivity contribution in [1.29, 1.82) is 0 Å². The molecule has 558 valence electrons. The summed E-state index contributed by atoms with van der Waals surface area (Å²) < 4.78 is 68.4. The predicted molar refractivity (Wildman–Crippen MR) is 381 cm³/mol. The van der Waals surface area contributed by atoms with Crippen LogP contribution in [0.25, 0.3) is 0 Å². The molecule has 0 radical (unpaired) electrons. The van der Waals surface area contributed by atoms with E-state index in [-0.39, 0.29) is 25.7 Å². The molecule has 5 atom stereocenters. The van der Waals surface area contributed by atoms with Crippen LogP contribution in [0.3, 0.4) is 0 Å². The molecule has 19 heteroatoms. The van der Waals surface area contributed by atoms with Crippen LogP contribution in [0.5, 0.6) is 0 Å². The lowest BCUT2D eigenvalue weighted by Gasteiger charge is -2.21. The first kappa shape index (κ1) is 92.1. The summed E-state index contributed by atoms with van der Waals surface area (Å²) in [5.74, 6) is -0.565. The fraction of sp³-hybridized carbons (Fsp3) is 0.947. The molecule has 3 N–H and O–H groups in total. The van der Waals surface area contributed by atoms with Crippen LogP contribution in [0.4, 0.5) is 0 Å². The van der Waals surface area contributed by atoms with Gasteiger partial charge in [-0.3, -0.25) is 37.3 Å². The molecule has 0 aliphatic heterocycles. The number of rotatable bonds is 74. The largest absolute Gasteiger partial charge is 0.472 e. The Kier molecular flexibility index (Phi) is 65.5. The second kappa shape index (κ2) is 66.9. The summed E-state index contributed by atoms with van der Waals surface area (Å²) in [6.07, 6.45) is 54.3. The molecular formula is C75H146O17P2. The second-order valence-electron chi connectivity index (χ2n) is 28.0. The molecule has 0 aliphatic carbocycles. The van der Waals surface area contributed by atoms with Crippen molar-refractivity contribution in [2.75, 3.05) is 39.6 Å². The third-order valence-electron chi connectivity index (χ3n) is 17.5. The lowest BCUT2D eigenvalue weighted by atomic mass is 10.0. The van der Waals surface area contributed by atoms with Gasteiger partial charge in [-0.2, -0.15) is 0 Å². The molecule has 0 amide bonds.